The predicted octanol–water partition coefficient (Wildman–Crippen LogP) is 2.79. The van der Waals surface area contributed by atoms with Gasteiger partial charge < -0.3 is 4.74 Å². The molecule has 86 valence electrons. The summed E-state index contributed by atoms with van der Waals surface area (Å²) in [5.74, 6) is -0.750. The van der Waals surface area contributed by atoms with Crippen LogP contribution in [0.5, 0.6) is 5.75 Å². The molecule has 1 rings (SSSR count). The highest BCUT2D eigenvalue weighted by Crippen LogP contribution is 2.35. The molecule has 5 nitrogen and oxygen atoms in total. The first kappa shape index (κ1) is 12.9. The number of carbonyl (C=O) groups excluding carboxylic acids is 1. The first-order valence-electron chi connectivity index (χ1n) is 4.13. The van der Waals surface area contributed by atoms with Gasteiger partial charge in [0.2, 0.25) is 0 Å². The Labute approximate surface area is 105 Å². The lowest BCUT2D eigenvalue weighted by molar-refractivity contribution is -0.386. The van der Waals surface area contributed by atoms with Gasteiger partial charge in [-0.2, -0.15) is 0 Å². The predicted molar refractivity (Wildman–Crippen MR) is 62.4 cm³/mol. The number of methoxy groups -OCH3 is 1. The first-order chi connectivity index (χ1) is 7.52. The van der Waals surface area contributed by atoms with Crippen molar-refractivity contribution in [1.29, 1.82) is 0 Å². The molecule has 0 radical (unpaired) electrons. The molecule has 0 spiro atoms. The smallest absolute Gasteiger partial charge is 0.298 e. The number of ether oxygens (including phenoxy) is 1. The number of ketones is 1. The normalized spacial score (nSPS) is 9.94. The minimum absolute atomic E-state index is 0.114. The highest BCUT2D eigenvalue weighted by Gasteiger charge is 2.27. The summed E-state index contributed by atoms with van der Waals surface area (Å²) in [5, 5.41) is 10.9. The van der Waals surface area contributed by atoms with Gasteiger partial charge in [0.15, 0.2) is 5.78 Å². The standard InChI is InChI=1S/C9H7BrClNO4/c1-16-7-3-2-5(10)9(12(14)15)8(7)6(13)4-11/h2-3H,4H2,1H3. The van der Waals surface area contributed by atoms with E-state index in [2.05, 4.69) is 15.9 Å². The van der Waals surface area contributed by atoms with Gasteiger partial charge in [-0.1, -0.05) is 0 Å². The van der Waals surface area contributed by atoms with Crippen molar-refractivity contribution in [2.45, 2.75) is 0 Å². The van der Waals surface area contributed by atoms with E-state index in [9.17, 15) is 14.9 Å². The van der Waals surface area contributed by atoms with E-state index < -0.39 is 10.7 Å². The zero-order valence-corrected chi connectivity index (χ0v) is 10.5. The molecule has 0 amide bonds. The quantitative estimate of drug-likeness (QED) is 0.371. The average Bonchev–Trinajstić information content (AvgIpc) is 2.27. The second kappa shape index (κ2) is 5.27. The van der Waals surface area contributed by atoms with Crippen molar-refractivity contribution < 1.29 is 14.5 Å². The number of rotatable bonds is 4. The summed E-state index contributed by atoms with van der Waals surface area (Å²) in [5.41, 5.74) is -0.443. The van der Waals surface area contributed by atoms with Crippen molar-refractivity contribution in [3.63, 3.8) is 0 Å². The summed E-state index contributed by atoms with van der Waals surface area (Å²) < 4.78 is 5.12. The molecule has 0 aromatic heterocycles. The molecular formula is C9H7BrClNO4. The largest absolute Gasteiger partial charge is 0.496 e. The Kier molecular flexibility index (Phi) is 4.26. The van der Waals surface area contributed by atoms with Crippen molar-refractivity contribution in [2.75, 3.05) is 13.0 Å². The van der Waals surface area contributed by atoms with E-state index in [0.717, 1.165) is 0 Å². The number of hydrogen-bond donors (Lipinski definition) is 0. The van der Waals surface area contributed by atoms with Gasteiger partial charge in [0.25, 0.3) is 5.69 Å². The van der Waals surface area contributed by atoms with E-state index in [4.69, 9.17) is 16.3 Å². The number of benzene rings is 1. The molecule has 16 heavy (non-hydrogen) atoms. The summed E-state index contributed by atoms with van der Waals surface area (Å²) in [4.78, 5) is 21.7. The maximum Gasteiger partial charge on any atom is 0.298 e. The Balaban J connectivity index is 3.55. The molecule has 1 aromatic rings. The highest BCUT2D eigenvalue weighted by atomic mass is 79.9. The molecule has 0 atom stereocenters. The lowest BCUT2D eigenvalue weighted by atomic mass is 10.1. The number of nitro benzene ring substituents is 1. The van der Waals surface area contributed by atoms with Crippen molar-refractivity contribution >= 4 is 39.0 Å². The minimum Gasteiger partial charge on any atom is -0.496 e. The fourth-order valence-corrected chi connectivity index (χ4v) is 1.84. The van der Waals surface area contributed by atoms with Crippen molar-refractivity contribution in [2.24, 2.45) is 0 Å². The zero-order valence-electron chi connectivity index (χ0n) is 8.20. The number of nitro groups is 1. The number of hydrogen-bond acceptors (Lipinski definition) is 4. The van der Waals surface area contributed by atoms with Gasteiger partial charge in [-0.15, -0.1) is 11.6 Å². The van der Waals surface area contributed by atoms with Crippen LogP contribution in [0.2, 0.25) is 0 Å². The second-order valence-corrected chi connectivity index (χ2v) is 3.91. The first-order valence-corrected chi connectivity index (χ1v) is 5.45. The highest BCUT2D eigenvalue weighted by molar-refractivity contribution is 9.10. The van der Waals surface area contributed by atoms with Crippen LogP contribution in [-0.2, 0) is 0 Å². The molecule has 0 saturated carbocycles. The number of carbonyl (C=O) groups is 1. The summed E-state index contributed by atoms with van der Waals surface area (Å²) >= 11 is 8.42. The molecule has 0 heterocycles. The Hall–Kier alpha value is -1.14. The summed E-state index contributed by atoms with van der Waals surface area (Å²) in [6, 6.07) is 2.92. The van der Waals surface area contributed by atoms with Gasteiger partial charge in [0.1, 0.15) is 11.3 Å². The molecule has 0 aliphatic carbocycles. The monoisotopic (exact) mass is 307 g/mol. The Bertz CT molecular complexity index is 449. The SMILES string of the molecule is COc1ccc(Br)c([N+](=O)[O-])c1C(=O)CCl. The van der Waals surface area contributed by atoms with E-state index in [1.807, 2.05) is 0 Å². The van der Waals surface area contributed by atoms with Crippen LogP contribution in [-0.4, -0.2) is 23.7 Å². The molecule has 0 aliphatic heterocycles. The van der Waals surface area contributed by atoms with Crippen molar-refractivity contribution in [3.8, 4) is 5.75 Å². The third-order valence-corrected chi connectivity index (χ3v) is 2.78. The lowest BCUT2D eigenvalue weighted by Crippen LogP contribution is -2.08. The molecule has 0 unspecified atom stereocenters. The van der Waals surface area contributed by atoms with Crippen LogP contribution in [0.4, 0.5) is 5.69 Å². The average molecular weight is 309 g/mol. The second-order valence-electron chi connectivity index (χ2n) is 2.79. The van der Waals surface area contributed by atoms with Crippen LogP contribution in [0.25, 0.3) is 0 Å². The van der Waals surface area contributed by atoms with E-state index in [0.29, 0.717) is 0 Å². The maximum absolute atomic E-state index is 11.5. The molecule has 7 heteroatoms. The fourth-order valence-electron chi connectivity index (χ4n) is 1.23. The van der Waals surface area contributed by atoms with E-state index in [-0.39, 0.29) is 27.4 Å². The maximum atomic E-state index is 11.5. The summed E-state index contributed by atoms with van der Waals surface area (Å²) in [6.07, 6.45) is 0. The lowest BCUT2D eigenvalue weighted by Gasteiger charge is -2.07. The molecule has 0 aliphatic rings. The molecular weight excluding hydrogens is 301 g/mol. The van der Waals surface area contributed by atoms with E-state index >= 15 is 0 Å². The van der Waals surface area contributed by atoms with Crippen LogP contribution >= 0.6 is 27.5 Å². The fraction of sp³-hybridized carbons (Fsp3) is 0.222. The van der Waals surface area contributed by atoms with Crippen molar-refractivity contribution in [3.05, 3.63) is 32.3 Å². The molecule has 0 saturated heterocycles. The van der Waals surface area contributed by atoms with Crippen LogP contribution in [0.15, 0.2) is 16.6 Å². The molecule has 1 aromatic carbocycles. The van der Waals surface area contributed by atoms with Gasteiger partial charge in [0, 0.05) is 0 Å². The Morgan fingerprint density at radius 2 is 2.25 bits per heavy atom. The summed E-state index contributed by atoms with van der Waals surface area (Å²) in [6.45, 7) is 0. The Morgan fingerprint density at radius 1 is 1.62 bits per heavy atom. The third kappa shape index (κ3) is 2.33. The van der Waals surface area contributed by atoms with Crippen LogP contribution in [0, 0.1) is 10.1 Å². The number of Topliss-reactive ketones (excluding diaryl/α,β-unsaturated/α-hetero) is 1. The minimum atomic E-state index is -0.646. The van der Waals surface area contributed by atoms with E-state index in [1.165, 1.54) is 19.2 Å². The van der Waals surface area contributed by atoms with Gasteiger partial charge in [-0.05, 0) is 28.1 Å². The van der Waals surface area contributed by atoms with E-state index in [1.54, 1.807) is 0 Å². The molecule has 0 bridgehead atoms. The third-order valence-electron chi connectivity index (χ3n) is 1.89. The number of nitrogens with zero attached hydrogens (tertiary/aromatic N) is 1. The summed E-state index contributed by atoms with van der Waals surface area (Å²) in [7, 11) is 1.33. The van der Waals surface area contributed by atoms with Crippen LogP contribution in [0.1, 0.15) is 10.4 Å². The Morgan fingerprint density at radius 3 is 2.69 bits per heavy atom. The van der Waals surface area contributed by atoms with Gasteiger partial charge in [0.05, 0.1) is 22.4 Å². The van der Waals surface area contributed by atoms with Crippen LogP contribution < -0.4 is 4.74 Å². The van der Waals surface area contributed by atoms with Crippen LogP contribution in [0.3, 0.4) is 0 Å². The van der Waals surface area contributed by atoms with Crippen molar-refractivity contribution in [1.82, 2.24) is 0 Å². The zero-order chi connectivity index (χ0) is 12.3. The topological polar surface area (TPSA) is 69.4 Å². The van der Waals surface area contributed by atoms with Gasteiger partial charge in [-0.25, -0.2) is 0 Å². The number of halogens is 2. The molecule has 0 fully saturated rings. The number of alkyl halides is 1. The van der Waals surface area contributed by atoms with Gasteiger partial charge in [-0.3, -0.25) is 14.9 Å². The molecule has 0 N–H and O–H groups in total. The van der Waals surface area contributed by atoms with Gasteiger partial charge >= 0.3 is 0 Å².